The third-order valence-corrected chi connectivity index (χ3v) is 4.04. The summed E-state index contributed by atoms with van der Waals surface area (Å²) in [4.78, 5) is 25.6. The molecule has 1 N–H and O–H groups in total. The molecule has 0 aromatic heterocycles. The Labute approximate surface area is 144 Å². The lowest BCUT2D eigenvalue weighted by atomic mass is 9.91. The molecule has 1 heterocycles. The van der Waals surface area contributed by atoms with E-state index in [4.69, 9.17) is 4.74 Å². The SMILES string of the molecule is CCOC(=O)[C@@H]1CCN(CC(F)(F)F)C[C@H]1NC(=O)c1ccccc1. The number of rotatable bonds is 5. The molecule has 2 rings (SSSR count). The highest BCUT2D eigenvalue weighted by atomic mass is 19.4. The smallest absolute Gasteiger partial charge is 0.401 e. The molecule has 1 amide bonds. The van der Waals surface area contributed by atoms with Gasteiger partial charge in [0.1, 0.15) is 0 Å². The average molecular weight is 358 g/mol. The first-order valence-corrected chi connectivity index (χ1v) is 8.12. The van der Waals surface area contributed by atoms with Crippen LogP contribution in [0.5, 0.6) is 0 Å². The third kappa shape index (κ3) is 5.74. The van der Waals surface area contributed by atoms with Crippen LogP contribution in [0.2, 0.25) is 0 Å². The number of carbonyl (C=O) groups is 2. The number of piperidine rings is 1. The lowest BCUT2D eigenvalue weighted by molar-refractivity contribution is -0.157. The van der Waals surface area contributed by atoms with Crippen molar-refractivity contribution in [2.24, 2.45) is 5.92 Å². The molecule has 138 valence electrons. The monoisotopic (exact) mass is 358 g/mol. The zero-order valence-electron chi connectivity index (χ0n) is 13.9. The Bertz CT molecular complexity index is 593. The van der Waals surface area contributed by atoms with Crippen LogP contribution in [0.4, 0.5) is 13.2 Å². The molecule has 0 unspecified atom stereocenters. The Morgan fingerprint density at radius 3 is 2.56 bits per heavy atom. The molecule has 1 aromatic rings. The van der Waals surface area contributed by atoms with Gasteiger partial charge in [0.2, 0.25) is 0 Å². The fourth-order valence-corrected chi connectivity index (χ4v) is 2.94. The number of nitrogens with zero attached hydrogens (tertiary/aromatic N) is 1. The van der Waals surface area contributed by atoms with Crippen LogP contribution in [-0.2, 0) is 9.53 Å². The van der Waals surface area contributed by atoms with Gasteiger partial charge in [-0.25, -0.2) is 0 Å². The predicted octanol–water partition coefficient (Wildman–Crippen LogP) is 2.23. The quantitative estimate of drug-likeness (QED) is 0.820. The topological polar surface area (TPSA) is 58.6 Å². The van der Waals surface area contributed by atoms with Crippen LogP contribution in [0, 0.1) is 5.92 Å². The summed E-state index contributed by atoms with van der Waals surface area (Å²) < 4.78 is 43.0. The van der Waals surface area contributed by atoms with Gasteiger partial charge in [0, 0.05) is 12.1 Å². The van der Waals surface area contributed by atoms with E-state index in [1.807, 2.05) is 0 Å². The van der Waals surface area contributed by atoms with Crippen LogP contribution in [0.3, 0.4) is 0 Å². The van der Waals surface area contributed by atoms with Gasteiger partial charge in [0.25, 0.3) is 5.91 Å². The molecule has 1 aliphatic rings. The number of hydrogen-bond donors (Lipinski definition) is 1. The van der Waals surface area contributed by atoms with Gasteiger partial charge in [-0.2, -0.15) is 13.2 Å². The Balaban J connectivity index is 2.10. The van der Waals surface area contributed by atoms with Gasteiger partial charge >= 0.3 is 12.1 Å². The molecule has 1 saturated heterocycles. The number of amides is 1. The maximum Gasteiger partial charge on any atom is 0.401 e. The summed E-state index contributed by atoms with van der Waals surface area (Å²) >= 11 is 0. The maximum absolute atomic E-state index is 12.7. The molecule has 2 atom stereocenters. The zero-order valence-corrected chi connectivity index (χ0v) is 13.9. The Morgan fingerprint density at radius 1 is 1.28 bits per heavy atom. The fourth-order valence-electron chi connectivity index (χ4n) is 2.94. The van der Waals surface area contributed by atoms with Crippen molar-refractivity contribution in [1.29, 1.82) is 0 Å². The number of benzene rings is 1. The first-order chi connectivity index (χ1) is 11.8. The molecule has 0 saturated carbocycles. The second-order valence-corrected chi connectivity index (χ2v) is 5.94. The number of hydrogen-bond acceptors (Lipinski definition) is 4. The van der Waals surface area contributed by atoms with Crippen molar-refractivity contribution in [2.45, 2.75) is 25.6 Å². The summed E-state index contributed by atoms with van der Waals surface area (Å²) in [6.07, 6.45) is -4.13. The normalized spacial score (nSPS) is 21.6. The molecular weight excluding hydrogens is 337 g/mol. The summed E-state index contributed by atoms with van der Waals surface area (Å²) in [5.74, 6) is -1.57. The van der Waals surface area contributed by atoms with Gasteiger partial charge in [0.15, 0.2) is 0 Å². The van der Waals surface area contributed by atoms with Crippen LogP contribution in [0.25, 0.3) is 0 Å². The zero-order chi connectivity index (χ0) is 18.4. The third-order valence-electron chi connectivity index (χ3n) is 4.04. The molecule has 8 heteroatoms. The van der Waals surface area contributed by atoms with Crippen LogP contribution < -0.4 is 5.32 Å². The maximum atomic E-state index is 12.7. The average Bonchev–Trinajstić information content (AvgIpc) is 2.54. The minimum atomic E-state index is -4.33. The largest absolute Gasteiger partial charge is 0.466 e. The Kier molecular flexibility index (Phi) is 6.41. The molecule has 1 aliphatic heterocycles. The van der Waals surface area contributed by atoms with Crippen molar-refractivity contribution in [3.05, 3.63) is 35.9 Å². The Hall–Kier alpha value is -2.09. The van der Waals surface area contributed by atoms with Crippen molar-refractivity contribution < 1.29 is 27.5 Å². The lowest BCUT2D eigenvalue weighted by Gasteiger charge is -2.37. The van der Waals surface area contributed by atoms with E-state index in [0.29, 0.717) is 5.56 Å². The van der Waals surface area contributed by atoms with Crippen LogP contribution in [-0.4, -0.2) is 55.2 Å². The number of halogens is 3. The number of likely N-dealkylation sites (tertiary alicyclic amines) is 1. The second kappa shape index (κ2) is 8.33. The van der Waals surface area contributed by atoms with E-state index in [1.165, 1.54) is 4.90 Å². The number of alkyl halides is 3. The van der Waals surface area contributed by atoms with E-state index in [9.17, 15) is 22.8 Å². The highest BCUT2D eigenvalue weighted by Gasteiger charge is 2.40. The lowest BCUT2D eigenvalue weighted by Crippen LogP contribution is -2.56. The molecule has 5 nitrogen and oxygen atoms in total. The molecule has 25 heavy (non-hydrogen) atoms. The van der Waals surface area contributed by atoms with Gasteiger partial charge in [-0.1, -0.05) is 18.2 Å². The van der Waals surface area contributed by atoms with E-state index >= 15 is 0 Å². The fraction of sp³-hybridized carbons (Fsp3) is 0.529. The summed E-state index contributed by atoms with van der Waals surface area (Å²) in [5.41, 5.74) is 0.387. The number of ether oxygens (including phenoxy) is 1. The minimum absolute atomic E-state index is 0.0540. The van der Waals surface area contributed by atoms with Crippen LogP contribution >= 0.6 is 0 Å². The molecule has 1 fully saturated rings. The molecule has 0 radical (unpaired) electrons. The number of carbonyl (C=O) groups excluding carboxylic acids is 2. The first-order valence-electron chi connectivity index (χ1n) is 8.12. The van der Waals surface area contributed by atoms with Crippen molar-refractivity contribution >= 4 is 11.9 Å². The van der Waals surface area contributed by atoms with Crippen molar-refractivity contribution in [3.8, 4) is 0 Å². The number of nitrogens with one attached hydrogen (secondary N) is 1. The molecule has 1 aromatic carbocycles. The second-order valence-electron chi connectivity index (χ2n) is 5.94. The summed E-state index contributed by atoms with van der Waals surface area (Å²) in [5, 5.41) is 2.69. The van der Waals surface area contributed by atoms with E-state index in [1.54, 1.807) is 37.3 Å². The highest BCUT2D eigenvalue weighted by molar-refractivity contribution is 5.94. The summed E-state index contributed by atoms with van der Waals surface area (Å²) in [6, 6.07) is 7.60. The predicted molar refractivity (Wildman–Crippen MR) is 84.9 cm³/mol. The van der Waals surface area contributed by atoms with Gasteiger partial charge in [-0.3, -0.25) is 14.5 Å². The number of esters is 1. The van der Waals surface area contributed by atoms with E-state index in [0.717, 1.165) is 0 Å². The van der Waals surface area contributed by atoms with E-state index in [-0.39, 0.29) is 26.1 Å². The summed E-state index contributed by atoms with van der Waals surface area (Å²) in [7, 11) is 0. The van der Waals surface area contributed by atoms with Gasteiger partial charge in [-0.15, -0.1) is 0 Å². The van der Waals surface area contributed by atoms with Crippen molar-refractivity contribution in [3.63, 3.8) is 0 Å². The van der Waals surface area contributed by atoms with Crippen LogP contribution in [0.1, 0.15) is 23.7 Å². The van der Waals surface area contributed by atoms with Crippen LogP contribution in [0.15, 0.2) is 30.3 Å². The Morgan fingerprint density at radius 2 is 1.96 bits per heavy atom. The summed E-state index contributed by atoms with van der Waals surface area (Å²) in [6.45, 7) is 0.845. The van der Waals surface area contributed by atoms with Crippen molar-refractivity contribution in [2.75, 3.05) is 26.2 Å². The minimum Gasteiger partial charge on any atom is -0.466 e. The van der Waals surface area contributed by atoms with Gasteiger partial charge in [-0.05, 0) is 32.0 Å². The highest BCUT2D eigenvalue weighted by Crippen LogP contribution is 2.24. The molecule has 0 spiro atoms. The van der Waals surface area contributed by atoms with Gasteiger partial charge < -0.3 is 10.1 Å². The molecule has 0 aliphatic carbocycles. The van der Waals surface area contributed by atoms with Crippen molar-refractivity contribution in [1.82, 2.24) is 10.2 Å². The standard InChI is InChI=1S/C17H21F3N2O3/c1-2-25-16(24)13-8-9-22(11-17(18,19)20)10-14(13)21-15(23)12-6-4-3-5-7-12/h3-7,13-14H,2,8-11H2,1H3,(H,21,23)/t13-,14-/m1/s1. The van der Waals surface area contributed by atoms with Gasteiger partial charge in [0.05, 0.1) is 25.1 Å². The first kappa shape index (κ1) is 19.2. The van der Waals surface area contributed by atoms with E-state index < -0.39 is 36.6 Å². The molecule has 0 bridgehead atoms. The molecular formula is C17H21F3N2O3. The van der Waals surface area contributed by atoms with E-state index in [2.05, 4.69) is 5.32 Å².